The third-order valence-electron chi connectivity index (χ3n) is 3.17. The van der Waals surface area contributed by atoms with Gasteiger partial charge in [0.05, 0.1) is 12.2 Å². The molecule has 1 heterocycles. The summed E-state index contributed by atoms with van der Waals surface area (Å²) >= 11 is 0. The molecule has 0 aromatic heterocycles. The van der Waals surface area contributed by atoms with Crippen LogP contribution in [-0.2, 0) is 9.47 Å². The highest BCUT2D eigenvalue weighted by Gasteiger charge is 2.53. The van der Waals surface area contributed by atoms with Crippen molar-refractivity contribution < 1.29 is 19.7 Å². The first-order chi connectivity index (χ1) is 6.57. The monoisotopic (exact) mass is 202 g/mol. The summed E-state index contributed by atoms with van der Waals surface area (Å²) in [5, 5.41) is 18.4. The molecule has 14 heavy (non-hydrogen) atoms. The van der Waals surface area contributed by atoms with Gasteiger partial charge in [0.25, 0.3) is 0 Å². The lowest BCUT2D eigenvalue weighted by atomic mass is 10.1. The molecule has 2 rings (SSSR count). The summed E-state index contributed by atoms with van der Waals surface area (Å²) in [5.41, 5.74) is 0. The molecule has 0 amide bonds. The minimum absolute atomic E-state index is 0.0489. The van der Waals surface area contributed by atoms with Crippen molar-refractivity contribution in [3.63, 3.8) is 0 Å². The minimum atomic E-state index is -0.573. The van der Waals surface area contributed by atoms with Crippen molar-refractivity contribution in [2.24, 2.45) is 11.8 Å². The summed E-state index contributed by atoms with van der Waals surface area (Å²) in [4.78, 5) is 0. The lowest BCUT2D eigenvalue weighted by Gasteiger charge is -2.22. The van der Waals surface area contributed by atoms with Gasteiger partial charge in [-0.1, -0.05) is 0 Å². The second kappa shape index (κ2) is 3.45. The van der Waals surface area contributed by atoms with Crippen molar-refractivity contribution in [2.45, 2.75) is 38.3 Å². The van der Waals surface area contributed by atoms with Crippen molar-refractivity contribution >= 4 is 0 Å². The molecule has 1 saturated heterocycles. The summed E-state index contributed by atoms with van der Waals surface area (Å²) in [5.74, 6) is -0.353. The quantitative estimate of drug-likeness (QED) is 0.668. The van der Waals surface area contributed by atoms with Crippen molar-refractivity contribution in [3.8, 4) is 0 Å². The predicted octanol–water partition coefficient (Wildman–Crippen LogP) is 0.127. The topological polar surface area (TPSA) is 58.9 Å². The first-order valence-corrected chi connectivity index (χ1v) is 5.15. The molecule has 4 heteroatoms. The van der Waals surface area contributed by atoms with E-state index in [1.54, 1.807) is 0 Å². The van der Waals surface area contributed by atoms with Crippen LogP contribution >= 0.6 is 0 Å². The molecule has 4 atom stereocenters. The molecule has 2 fully saturated rings. The third kappa shape index (κ3) is 1.56. The normalized spacial score (nSPS) is 45.4. The van der Waals surface area contributed by atoms with Gasteiger partial charge < -0.3 is 19.7 Å². The van der Waals surface area contributed by atoms with E-state index in [-0.39, 0.29) is 37.3 Å². The Balaban J connectivity index is 2.12. The van der Waals surface area contributed by atoms with Crippen LogP contribution < -0.4 is 0 Å². The summed E-state index contributed by atoms with van der Waals surface area (Å²) in [6.07, 6.45) is 0.692. The Kier molecular flexibility index (Phi) is 2.55. The fraction of sp³-hybridized carbons (Fsp3) is 1.00. The van der Waals surface area contributed by atoms with Gasteiger partial charge in [-0.2, -0.15) is 0 Å². The Bertz CT molecular complexity index is 196. The zero-order chi connectivity index (χ0) is 10.3. The molecule has 82 valence electrons. The number of aliphatic hydroxyl groups excluding tert-OH is 2. The summed E-state index contributed by atoms with van der Waals surface area (Å²) in [6.45, 7) is 3.95. The lowest BCUT2D eigenvalue weighted by molar-refractivity contribution is -0.164. The zero-order valence-electron chi connectivity index (χ0n) is 8.64. The molecular formula is C10H18O4. The van der Waals surface area contributed by atoms with Crippen LogP contribution in [0.1, 0.15) is 20.3 Å². The first kappa shape index (κ1) is 10.4. The van der Waals surface area contributed by atoms with Crippen LogP contribution in [0, 0.1) is 11.8 Å². The summed E-state index contributed by atoms with van der Waals surface area (Å²) in [7, 11) is 0. The Morgan fingerprint density at radius 3 is 1.86 bits per heavy atom. The van der Waals surface area contributed by atoms with Gasteiger partial charge >= 0.3 is 0 Å². The lowest BCUT2D eigenvalue weighted by Crippen LogP contribution is -2.27. The number of aliphatic hydroxyl groups is 2. The largest absolute Gasteiger partial charge is 0.396 e. The van der Waals surface area contributed by atoms with E-state index in [0.29, 0.717) is 0 Å². The van der Waals surface area contributed by atoms with Gasteiger partial charge in [0.15, 0.2) is 5.79 Å². The molecule has 2 aliphatic rings. The van der Waals surface area contributed by atoms with Crippen LogP contribution in [-0.4, -0.2) is 41.4 Å². The van der Waals surface area contributed by atoms with E-state index >= 15 is 0 Å². The van der Waals surface area contributed by atoms with Crippen molar-refractivity contribution in [1.82, 2.24) is 0 Å². The summed E-state index contributed by atoms with van der Waals surface area (Å²) in [6, 6.07) is 0. The SMILES string of the molecule is CC1(C)O[C@@H]2[C@@H](CO)C[C@@H](CO)[C@@H]2O1. The number of ether oxygens (including phenoxy) is 2. The fourth-order valence-electron chi connectivity index (χ4n) is 2.56. The van der Waals surface area contributed by atoms with E-state index in [9.17, 15) is 10.2 Å². The van der Waals surface area contributed by atoms with Gasteiger partial charge in [-0.05, 0) is 20.3 Å². The molecular weight excluding hydrogens is 184 g/mol. The molecule has 1 saturated carbocycles. The maximum atomic E-state index is 9.18. The Morgan fingerprint density at radius 2 is 1.50 bits per heavy atom. The van der Waals surface area contributed by atoms with Crippen LogP contribution in [0.3, 0.4) is 0 Å². The average Bonchev–Trinajstić information content (AvgIpc) is 2.57. The maximum Gasteiger partial charge on any atom is 0.163 e. The zero-order valence-corrected chi connectivity index (χ0v) is 8.64. The van der Waals surface area contributed by atoms with Gasteiger partial charge in [0, 0.05) is 25.0 Å². The van der Waals surface area contributed by atoms with Crippen LogP contribution in [0.25, 0.3) is 0 Å². The van der Waals surface area contributed by atoms with Crippen molar-refractivity contribution in [3.05, 3.63) is 0 Å². The highest BCUT2D eigenvalue weighted by molar-refractivity contribution is 4.97. The van der Waals surface area contributed by atoms with Gasteiger partial charge in [-0.15, -0.1) is 0 Å². The molecule has 0 radical (unpaired) electrons. The molecule has 0 aromatic carbocycles. The Hall–Kier alpha value is -0.160. The van der Waals surface area contributed by atoms with Gasteiger partial charge in [-0.25, -0.2) is 0 Å². The molecule has 2 N–H and O–H groups in total. The van der Waals surface area contributed by atoms with Crippen molar-refractivity contribution in [1.29, 1.82) is 0 Å². The van der Waals surface area contributed by atoms with Gasteiger partial charge in [0.2, 0.25) is 0 Å². The number of hydrogen-bond acceptors (Lipinski definition) is 4. The molecule has 0 bridgehead atoms. The van der Waals surface area contributed by atoms with Crippen molar-refractivity contribution in [2.75, 3.05) is 13.2 Å². The number of rotatable bonds is 2. The van der Waals surface area contributed by atoms with E-state index in [4.69, 9.17) is 9.47 Å². The van der Waals surface area contributed by atoms with Crippen LogP contribution in [0.2, 0.25) is 0 Å². The van der Waals surface area contributed by atoms with Crippen LogP contribution in [0.15, 0.2) is 0 Å². The molecule has 0 unspecified atom stereocenters. The van der Waals surface area contributed by atoms with E-state index in [1.807, 2.05) is 13.8 Å². The molecule has 0 aromatic rings. The average molecular weight is 202 g/mol. The third-order valence-corrected chi connectivity index (χ3v) is 3.17. The first-order valence-electron chi connectivity index (χ1n) is 5.15. The molecule has 1 aliphatic carbocycles. The highest BCUT2D eigenvalue weighted by Crippen LogP contribution is 2.44. The fourth-order valence-corrected chi connectivity index (χ4v) is 2.56. The van der Waals surface area contributed by atoms with E-state index in [1.165, 1.54) is 0 Å². The second-order valence-corrected chi connectivity index (χ2v) is 4.69. The van der Waals surface area contributed by atoms with E-state index in [2.05, 4.69) is 0 Å². The number of fused-ring (bicyclic) bond motifs is 1. The minimum Gasteiger partial charge on any atom is -0.396 e. The maximum absolute atomic E-state index is 9.18. The van der Waals surface area contributed by atoms with E-state index < -0.39 is 5.79 Å². The smallest absolute Gasteiger partial charge is 0.163 e. The molecule has 0 spiro atoms. The number of hydrogen-bond donors (Lipinski definition) is 2. The Morgan fingerprint density at radius 1 is 1.07 bits per heavy atom. The van der Waals surface area contributed by atoms with Crippen LogP contribution in [0.4, 0.5) is 0 Å². The van der Waals surface area contributed by atoms with E-state index in [0.717, 1.165) is 6.42 Å². The summed E-state index contributed by atoms with van der Waals surface area (Å²) < 4.78 is 11.4. The molecule has 1 aliphatic heterocycles. The van der Waals surface area contributed by atoms with Gasteiger partial charge in [0.1, 0.15) is 0 Å². The standard InChI is InChI=1S/C10H18O4/c1-10(2)13-8-6(4-11)3-7(5-12)9(8)14-10/h6-9,11-12H,3-5H2,1-2H3/t6-,7+,8-,9+. The highest BCUT2D eigenvalue weighted by atomic mass is 16.8. The second-order valence-electron chi connectivity index (χ2n) is 4.69. The van der Waals surface area contributed by atoms with Crippen LogP contribution in [0.5, 0.6) is 0 Å². The van der Waals surface area contributed by atoms with Gasteiger partial charge in [-0.3, -0.25) is 0 Å². The Labute approximate surface area is 83.8 Å². The molecule has 4 nitrogen and oxygen atoms in total. The predicted molar refractivity (Wildman–Crippen MR) is 49.6 cm³/mol.